The molecular weight excluding hydrogens is 202 g/mol. The number of ether oxygens (including phenoxy) is 1. The number of carbonyl (C=O) groups excluding carboxylic acids is 1. The van der Waals surface area contributed by atoms with E-state index in [0.717, 1.165) is 19.5 Å². The molecule has 1 aliphatic rings. The standard InChI is InChI=1S/C13H17NO2/c1-10(15)12-4-2-3-5-13(12)16-9-11-6-7-14-8-11/h2-5,11,14H,6-9H2,1H3/t11-/m1/s1. The van der Waals surface area contributed by atoms with E-state index in [9.17, 15) is 4.79 Å². The average molecular weight is 219 g/mol. The summed E-state index contributed by atoms with van der Waals surface area (Å²) in [4.78, 5) is 11.4. The first kappa shape index (κ1) is 11.1. The molecule has 1 aromatic carbocycles. The van der Waals surface area contributed by atoms with Gasteiger partial charge in [0.15, 0.2) is 5.78 Å². The van der Waals surface area contributed by atoms with Gasteiger partial charge in [0.05, 0.1) is 12.2 Å². The molecule has 1 heterocycles. The molecule has 0 bridgehead atoms. The Morgan fingerprint density at radius 2 is 2.31 bits per heavy atom. The van der Waals surface area contributed by atoms with Gasteiger partial charge < -0.3 is 10.1 Å². The van der Waals surface area contributed by atoms with E-state index in [2.05, 4.69) is 5.32 Å². The van der Waals surface area contributed by atoms with Gasteiger partial charge >= 0.3 is 0 Å². The molecule has 1 aromatic rings. The largest absolute Gasteiger partial charge is 0.492 e. The summed E-state index contributed by atoms with van der Waals surface area (Å²) in [6.07, 6.45) is 1.15. The van der Waals surface area contributed by atoms with Gasteiger partial charge in [-0.25, -0.2) is 0 Å². The van der Waals surface area contributed by atoms with E-state index in [1.165, 1.54) is 0 Å². The summed E-state index contributed by atoms with van der Waals surface area (Å²) in [5, 5.41) is 3.30. The predicted octanol–water partition coefficient (Wildman–Crippen LogP) is 1.88. The molecule has 0 spiro atoms. The molecular formula is C13H17NO2. The van der Waals surface area contributed by atoms with Crippen LogP contribution in [0.15, 0.2) is 24.3 Å². The van der Waals surface area contributed by atoms with Crippen molar-refractivity contribution in [2.45, 2.75) is 13.3 Å². The number of rotatable bonds is 4. The number of nitrogens with one attached hydrogen (secondary N) is 1. The molecule has 1 aliphatic heterocycles. The Kier molecular flexibility index (Phi) is 3.57. The van der Waals surface area contributed by atoms with Crippen molar-refractivity contribution in [3.05, 3.63) is 29.8 Å². The van der Waals surface area contributed by atoms with Crippen molar-refractivity contribution in [2.75, 3.05) is 19.7 Å². The molecule has 0 aliphatic carbocycles. The highest BCUT2D eigenvalue weighted by atomic mass is 16.5. The van der Waals surface area contributed by atoms with Crippen LogP contribution in [0.1, 0.15) is 23.7 Å². The van der Waals surface area contributed by atoms with Gasteiger partial charge in [0.25, 0.3) is 0 Å². The topological polar surface area (TPSA) is 38.3 Å². The first-order valence-corrected chi connectivity index (χ1v) is 5.71. The minimum Gasteiger partial charge on any atom is -0.492 e. The van der Waals surface area contributed by atoms with Crippen LogP contribution in [0.3, 0.4) is 0 Å². The van der Waals surface area contributed by atoms with Crippen molar-refractivity contribution in [3.8, 4) is 5.75 Å². The van der Waals surface area contributed by atoms with Crippen LogP contribution >= 0.6 is 0 Å². The zero-order valence-corrected chi connectivity index (χ0v) is 9.53. The summed E-state index contributed by atoms with van der Waals surface area (Å²) in [5.41, 5.74) is 0.674. The molecule has 1 N–H and O–H groups in total. The van der Waals surface area contributed by atoms with Gasteiger partial charge in [-0.1, -0.05) is 12.1 Å². The molecule has 1 saturated heterocycles. The lowest BCUT2D eigenvalue weighted by atomic mass is 10.1. The number of carbonyl (C=O) groups is 1. The highest BCUT2D eigenvalue weighted by Gasteiger charge is 2.16. The molecule has 1 fully saturated rings. The van der Waals surface area contributed by atoms with Gasteiger partial charge in [-0.15, -0.1) is 0 Å². The average Bonchev–Trinajstić information content (AvgIpc) is 2.79. The lowest BCUT2D eigenvalue weighted by molar-refractivity contribution is 0.101. The maximum absolute atomic E-state index is 11.4. The molecule has 0 aromatic heterocycles. The summed E-state index contributed by atoms with van der Waals surface area (Å²) in [6, 6.07) is 7.43. The molecule has 3 nitrogen and oxygen atoms in total. The van der Waals surface area contributed by atoms with Crippen molar-refractivity contribution in [3.63, 3.8) is 0 Å². The number of Topliss-reactive ketones (excluding diaryl/α,β-unsaturated/α-hetero) is 1. The highest BCUT2D eigenvalue weighted by molar-refractivity contribution is 5.96. The van der Waals surface area contributed by atoms with Crippen molar-refractivity contribution >= 4 is 5.78 Å². The fourth-order valence-electron chi connectivity index (χ4n) is 1.95. The summed E-state index contributed by atoms with van der Waals surface area (Å²) in [5.74, 6) is 1.34. The van der Waals surface area contributed by atoms with Crippen molar-refractivity contribution in [2.24, 2.45) is 5.92 Å². The molecule has 0 amide bonds. The van der Waals surface area contributed by atoms with Crippen LogP contribution in [0.25, 0.3) is 0 Å². The molecule has 0 saturated carbocycles. The summed E-state index contributed by atoms with van der Waals surface area (Å²) >= 11 is 0. The molecule has 0 radical (unpaired) electrons. The van der Waals surface area contributed by atoms with Crippen molar-refractivity contribution in [1.29, 1.82) is 0 Å². The van der Waals surface area contributed by atoms with Crippen LogP contribution in [0, 0.1) is 5.92 Å². The first-order chi connectivity index (χ1) is 7.77. The van der Waals surface area contributed by atoms with Crippen LogP contribution in [0.4, 0.5) is 0 Å². The van der Waals surface area contributed by atoms with E-state index in [1.54, 1.807) is 6.92 Å². The van der Waals surface area contributed by atoms with Crippen LogP contribution < -0.4 is 10.1 Å². The summed E-state index contributed by atoms with van der Waals surface area (Å²) in [6.45, 7) is 4.35. The van der Waals surface area contributed by atoms with Crippen LogP contribution in [-0.4, -0.2) is 25.5 Å². The second-order valence-electron chi connectivity index (χ2n) is 4.22. The Bertz CT molecular complexity index is 370. The SMILES string of the molecule is CC(=O)c1ccccc1OC[C@@H]1CCNC1. The Morgan fingerprint density at radius 1 is 1.50 bits per heavy atom. The molecule has 2 rings (SSSR count). The zero-order chi connectivity index (χ0) is 11.4. The molecule has 16 heavy (non-hydrogen) atoms. The Balaban J connectivity index is 2.00. The van der Waals surface area contributed by atoms with Gasteiger partial charge in [0.2, 0.25) is 0 Å². The minimum absolute atomic E-state index is 0.0557. The van der Waals surface area contributed by atoms with E-state index in [4.69, 9.17) is 4.74 Å². The quantitative estimate of drug-likeness (QED) is 0.786. The fourth-order valence-corrected chi connectivity index (χ4v) is 1.95. The number of hydrogen-bond acceptors (Lipinski definition) is 3. The maximum Gasteiger partial charge on any atom is 0.163 e. The predicted molar refractivity (Wildman–Crippen MR) is 62.9 cm³/mol. The second-order valence-corrected chi connectivity index (χ2v) is 4.22. The minimum atomic E-state index is 0.0557. The van der Waals surface area contributed by atoms with Gasteiger partial charge in [-0.2, -0.15) is 0 Å². The second kappa shape index (κ2) is 5.12. The van der Waals surface area contributed by atoms with Gasteiger partial charge in [-0.3, -0.25) is 4.79 Å². The van der Waals surface area contributed by atoms with Crippen molar-refractivity contribution in [1.82, 2.24) is 5.32 Å². The smallest absolute Gasteiger partial charge is 0.163 e. The van der Waals surface area contributed by atoms with Crippen LogP contribution in [-0.2, 0) is 0 Å². The van der Waals surface area contributed by atoms with Gasteiger partial charge in [0.1, 0.15) is 5.75 Å². The normalized spacial score (nSPS) is 19.7. The summed E-state index contributed by atoms with van der Waals surface area (Å²) < 4.78 is 5.72. The highest BCUT2D eigenvalue weighted by Crippen LogP contribution is 2.20. The Morgan fingerprint density at radius 3 is 3.00 bits per heavy atom. The van der Waals surface area contributed by atoms with E-state index >= 15 is 0 Å². The van der Waals surface area contributed by atoms with E-state index in [0.29, 0.717) is 23.8 Å². The van der Waals surface area contributed by atoms with Crippen molar-refractivity contribution < 1.29 is 9.53 Å². The lowest BCUT2D eigenvalue weighted by Crippen LogP contribution is -2.16. The molecule has 1 atom stereocenters. The van der Waals surface area contributed by atoms with Crippen LogP contribution in [0.2, 0.25) is 0 Å². The van der Waals surface area contributed by atoms with Gasteiger partial charge in [-0.05, 0) is 32.0 Å². The Labute approximate surface area is 95.8 Å². The number of ketones is 1. The number of hydrogen-bond donors (Lipinski definition) is 1. The zero-order valence-electron chi connectivity index (χ0n) is 9.53. The Hall–Kier alpha value is -1.35. The van der Waals surface area contributed by atoms with E-state index < -0.39 is 0 Å². The monoisotopic (exact) mass is 219 g/mol. The van der Waals surface area contributed by atoms with E-state index in [1.807, 2.05) is 24.3 Å². The molecule has 3 heteroatoms. The number of benzene rings is 1. The van der Waals surface area contributed by atoms with Crippen LogP contribution in [0.5, 0.6) is 5.75 Å². The summed E-state index contributed by atoms with van der Waals surface area (Å²) in [7, 11) is 0. The van der Waals surface area contributed by atoms with E-state index in [-0.39, 0.29) is 5.78 Å². The number of para-hydroxylation sites is 1. The molecule has 86 valence electrons. The van der Waals surface area contributed by atoms with Gasteiger partial charge in [0, 0.05) is 12.5 Å². The first-order valence-electron chi connectivity index (χ1n) is 5.71. The third kappa shape index (κ3) is 2.61. The third-order valence-corrected chi connectivity index (χ3v) is 2.90. The molecule has 0 unspecified atom stereocenters. The lowest BCUT2D eigenvalue weighted by Gasteiger charge is -2.12. The maximum atomic E-state index is 11.4. The third-order valence-electron chi connectivity index (χ3n) is 2.90. The fraction of sp³-hybridized carbons (Fsp3) is 0.462.